The van der Waals surface area contributed by atoms with E-state index in [0.717, 1.165) is 11.1 Å². The van der Waals surface area contributed by atoms with E-state index in [0.29, 0.717) is 28.3 Å². The molecule has 1 fully saturated rings. The Morgan fingerprint density at radius 2 is 1.79 bits per heavy atom. The number of nitrogens with zero attached hydrogens (tertiary/aromatic N) is 2. The summed E-state index contributed by atoms with van der Waals surface area (Å²) in [6.45, 7) is 0.231. The smallest absolute Gasteiger partial charge is 0.363 e. The van der Waals surface area contributed by atoms with E-state index in [1.165, 1.54) is 12.3 Å². The number of pyridine rings is 1. The highest BCUT2D eigenvalue weighted by Crippen LogP contribution is 2.55. The summed E-state index contributed by atoms with van der Waals surface area (Å²) >= 11 is 11.8. The molecule has 2 heterocycles. The molecule has 4 aromatic rings. The second-order valence-electron chi connectivity index (χ2n) is 8.65. The van der Waals surface area contributed by atoms with Crippen LogP contribution in [-0.4, -0.2) is 33.3 Å². The molecule has 0 aliphatic carbocycles. The molecular weight excluding hydrogens is 567 g/mol. The molecule has 1 aromatic heterocycles. The molecule has 2 unspecified atom stereocenters. The van der Waals surface area contributed by atoms with Gasteiger partial charge in [-0.05, 0) is 41.5 Å². The molecule has 0 radical (unpaired) electrons. The van der Waals surface area contributed by atoms with Crippen molar-refractivity contribution in [3.63, 3.8) is 0 Å². The molecule has 39 heavy (non-hydrogen) atoms. The Kier molecular flexibility index (Phi) is 9.69. The fourth-order valence-electron chi connectivity index (χ4n) is 4.03. The zero-order chi connectivity index (χ0) is 28.0. The van der Waals surface area contributed by atoms with Gasteiger partial charge < -0.3 is 14.7 Å². The Balaban J connectivity index is 0.000000247. The molecule has 5 rings (SSSR count). The van der Waals surface area contributed by atoms with Crippen molar-refractivity contribution in [2.75, 3.05) is 13.2 Å². The molecule has 3 aromatic carbocycles. The number of hydrogen-bond acceptors (Lipinski definition) is 8. The van der Waals surface area contributed by atoms with Crippen molar-refractivity contribution in [1.82, 2.24) is 4.98 Å². The van der Waals surface area contributed by atoms with Crippen molar-refractivity contribution < 1.29 is 28.7 Å². The predicted octanol–water partition coefficient (Wildman–Crippen LogP) is 6.55. The van der Waals surface area contributed by atoms with E-state index in [1.807, 2.05) is 6.07 Å². The summed E-state index contributed by atoms with van der Waals surface area (Å²) in [5.41, 5.74) is 1.67. The minimum Gasteiger partial charge on any atom is -0.396 e. The van der Waals surface area contributed by atoms with Crippen LogP contribution < -0.4 is 5.30 Å². The molecule has 204 valence electrons. The van der Waals surface area contributed by atoms with Crippen LogP contribution in [-0.2, 0) is 13.6 Å². The highest BCUT2D eigenvalue weighted by molar-refractivity contribution is 7.62. The highest BCUT2D eigenvalue weighted by Gasteiger charge is 2.37. The van der Waals surface area contributed by atoms with Crippen LogP contribution in [0.15, 0.2) is 79.0 Å². The first-order valence-corrected chi connectivity index (χ1v) is 14.3. The molecular formula is C27H25Cl2N2O7P. The molecule has 0 bridgehead atoms. The van der Waals surface area contributed by atoms with Gasteiger partial charge in [0.15, 0.2) is 0 Å². The van der Waals surface area contributed by atoms with Gasteiger partial charge in [-0.25, -0.2) is 4.98 Å². The summed E-state index contributed by atoms with van der Waals surface area (Å²) in [6.07, 6.45) is 1.16. The van der Waals surface area contributed by atoms with Crippen LogP contribution in [0.25, 0.3) is 10.9 Å². The summed E-state index contributed by atoms with van der Waals surface area (Å²) in [6, 6.07) is 20.3. The lowest BCUT2D eigenvalue weighted by Crippen LogP contribution is -2.20. The van der Waals surface area contributed by atoms with Gasteiger partial charge in [-0.15, -0.1) is 0 Å². The fraction of sp³-hybridized carbons (Fsp3) is 0.222. The van der Waals surface area contributed by atoms with E-state index in [4.69, 9.17) is 37.4 Å². The Morgan fingerprint density at radius 1 is 1.08 bits per heavy atom. The largest absolute Gasteiger partial charge is 0.396 e. The van der Waals surface area contributed by atoms with E-state index < -0.39 is 24.7 Å². The lowest BCUT2D eigenvalue weighted by molar-refractivity contribution is -0.383. The maximum absolute atomic E-state index is 13.3. The summed E-state index contributed by atoms with van der Waals surface area (Å²) in [4.78, 5) is 14.8. The maximum Gasteiger partial charge on any atom is 0.363 e. The van der Waals surface area contributed by atoms with Gasteiger partial charge in [-0.1, -0.05) is 59.6 Å². The van der Waals surface area contributed by atoms with Crippen molar-refractivity contribution >= 4 is 52.7 Å². The van der Waals surface area contributed by atoms with Crippen LogP contribution >= 0.6 is 30.8 Å². The van der Waals surface area contributed by atoms with Crippen molar-refractivity contribution in [2.45, 2.75) is 25.0 Å². The third kappa shape index (κ3) is 7.21. The third-order valence-electron chi connectivity index (χ3n) is 5.95. The van der Waals surface area contributed by atoms with Crippen molar-refractivity contribution in [2.24, 2.45) is 0 Å². The molecule has 0 saturated carbocycles. The number of rotatable bonds is 6. The van der Waals surface area contributed by atoms with Gasteiger partial charge in [-0.3, -0.25) is 19.2 Å². The Hall–Kier alpha value is -2.88. The quantitative estimate of drug-likeness (QED) is 0.112. The third-order valence-corrected chi connectivity index (χ3v) is 8.35. The number of aromatic nitrogens is 1. The summed E-state index contributed by atoms with van der Waals surface area (Å²) in [5, 5.41) is 31.1. The first-order valence-electron chi connectivity index (χ1n) is 12.0. The van der Waals surface area contributed by atoms with E-state index in [1.54, 1.807) is 60.7 Å². The van der Waals surface area contributed by atoms with Crippen molar-refractivity contribution in [3.8, 4) is 0 Å². The van der Waals surface area contributed by atoms with Crippen LogP contribution in [0.2, 0.25) is 10.0 Å². The molecule has 3 atom stereocenters. The van der Waals surface area contributed by atoms with Gasteiger partial charge in [0.1, 0.15) is 5.52 Å². The van der Waals surface area contributed by atoms with E-state index in [2.05, 4.69) is 4.98 Å². The van der Waals surface area contributed by atoms with E-state index in [-0.39, 0.29) is 29.7 Å². The molecule has 2 N–H and O–H groups in total. The molecule has 0 amide bonds. The number of hydrogen-bond donors (Lipinski definition) is 2. The molecule has 1 aliphatic heterocycles. The standard InChI is InChI=1S/C18H14ClN2O5P.C9H11ClO2/c19-14-5-1-3-12(9-14)17-7-8-25-27(24,26-17)15-10-13-4-2-6-16(21(22)23)18(13)20-11-15;10-8-3-1-2-7(6-8)9(12)4-5-11/h1-6,9-11,17H,7-8H2;1-3,6,9,11-12H,4-5H2/t17-,27?;/m0./s1/i17+1;. The number of aliphatic hydroxyl groups is 2. The SMILES string of the molecule is O=[N+]([O-])c1cccc2cc(P3(=O)OCC[13C@@H](c4cccc(Cl)c4)O3)cnc12.OCCC(O)c1cccc(Cl)c1. The van der Waals surface area contributed by atoms with Crippen LogP contribution in [0.3, 0.4) is 0 Å². The number of halogens is 2. The molecule has 12 heteroatoms. The second-order valence-corrected chi connectivity index (χ2v) is 11.5. The number of benzene rings is 3. The van der Waals surface area contributed by atoms with Crippen LogP contribution in [0, 0.1) is 10.1 Å². The molecule has 1 aliphatic rings. The Labute approximate surface area is 234 Å². The zero-order valence-electron chi connectivity index (χ0n) is 20.5. The number of nitro benzene ring substituents is 1. The number of aliphatic hydroxyl groups excluding tert-OH is 2. The van der Waals surface area contributed by atoms with E-state index in [9.17, 15) is 19.8 Å². The molecule has 1 saturated heterocycles. The van der Waals surface area contributed by atoms with Gasteiger partial charge in [0, 0.05) is 47.1 Å². The average molecular weight is 592 g/mol. The maximum atomic E-state index is 13.3. The fourth-order valence-corrected chi connectivity index (χ4v) is 6.17. The Morgan fingerprint density at radius 3 is 2.49 bits per heavy atom. The lowest BCUT2D eigenvalue weighted by atomic mass is 10.1. The number of nitro groups is 1. The summed E-state index contributed by atoms with van der Waals surface area (Å²) in [5.74, 6) is 0. The van der Waals surface area contributed by atoms with Crippen LogP contribution in [0.5, 0.6) is 0 Å². The first kappa shape index (κ1) is 29.1. The number of fused-ring (bicyclic) bond motifs is 1. The normalized spacial score (nSPS) is 19.6. The number of non-ortho nitro benzene ring substituents is 1. The predicted molar refractivity (Wildman–Crippen MR) is 150 cm³/mol. The molecule has 9 nitrogen and oxygen atoms in total. The lowest BCUT2D eigenvalue weighted by Gasteiger charge is -2.30. The van der Waals surface area contributed by atoms with Gasteiger partial charge >= 0.3 is 7.60 Å². The van der Waals surface area contributed by atoms with Gasteiger partial charge in [0.2, 0.25) is 0 Å². The van der Waals surface area contributed by atoms with Crippen molar-refractivity contribution in [3.05, 3.63) is 110 Å². The van der Waals surface area contributed by atoms with Crippen LogP contribution in [0.4, 0.5) is 5.69 Å². The van der Waals surface area contributed by atoms with Gasteiger partial charge in [0.25, 0.3) is 5.69 Å². The van der Waals surface area contributed by atoms with Crippen LogP contribution in [0.1, 0.15) is 36.2 Å². The summed E-state index contributed by atoms with van der Waals surface area (Å²) < 4.78 is 24.6. The Bertz CT molecular complexity index is 1520. The van der Waals surface area contributed by atoms with Crippen molar-refractivity contribution in [1.29, 1.82) is 0 Å². The number of para-hydroxylation sites is 1. The first-order chi connectivity index (χ1) is 18.7. The highest BCUT2D eigenvalue weighted by atomic mass is 35.5. The topological polar surface area (TPSA) is 132 Å². The minimum atomic E-state index is -3.62. The van der Waals surface area contributed by atoms with E-state index >= 15 is 0 Å². The average Bonchev–Trinajstić information content (AvgIpc) is 2.93. The summed E-state index contributed by atoms with van der Waals surface area (Å²) in [7, 11) is -3.62. The minimum absolute atomic E-state index is 0.0202. The molecule has 0 spiro atoms. The second kappa shape index (κ2) is 13.0. The van der Waals surface area contributed by atoms with Gasteiger partial charge in [-0.2, -0.15) is 0 Å². The zero-order valence-corrected chi connectivity index (χ0v) is 22.9. The van der Waals surface area contributed by atoms with Gasteiger partial charge in [0.05, 0.1) is 29.0 Å². The monoisotopic (exact) mass is 591 g/mol.